The molecular weight excluding hydrogens is 456 g/mol. The van der Waals surface area contributed by atoms with E-state index in [-0.39, 0.29) is 24.2 Å². The number of hydrogen-bond donors (Lipinski definition) is 0. The molecule has 0 saturated carbocycles. The maximum absolute atomic E-state index is 4.97. The van der Waals surface area contributed by atoms with E-state index < -0.39 is 0 Å². The number of benzene rings is 3. The molecule has 0 aliphatic carbocycles. The summed E-state index contributed by atoms with van der Waals surface area (Å²) in [7, 11) is 2.09. The van der Waals surface area contributed by atoms with Crippen molar-refractivity contribution in [3.8, 4) is 0 Å². The van der Waals surface area contributed by atoms with Gasteiger partial charge in [0.05, 0.1) is 17.3 Å². The summed E-state index contributed by atoms with van der Waals surface area (Å²) in [6.45, 7) is 4.78. The molecule has 3 aromatic carbocycles. The molecule has 4 aliphatic rings. The first-order valence-corrected chi connectivity index (χ1v) is 12.7. The first-order chi connectivity index (χ1) is 18.2. The Labute approximate surface area is 216 Å². The van der Waals surface area contributed by atoms with Crippen molar-refractivity contribution in [1.82, 2.24) is 9.99 Å². The fourth-order valence-electron chi connectivity index (χ4n) is 6.95. The monoisotopic (exact) mass is 482 g/mol. The lowest BCUT2D eigenvalue weighted by molar-refractivity contribution is 0.171. The molecule has 0 bridgehead atoms. The van der Waals surface area contributed by atoms with Gasteiger partial charge in [-0.15, -0.1) is 0 Å². The van der Waals surface area contributed by atoms with Gasteiger partial charge in [-0.2, -0.15) is 5.10 Å². The van der Waals surface area contributed by atoms with Gasteiger partial charge in [0.15, 0.2) is 5.82 Å². The Kier molecular flexibility index (Phi) is 4.15. The zero-order chi connectivity index (χ0) is 24.7. The second-order valence-corrected chi connectivity index (χ2v) is 10.1. The number of nitrogens with zero attached hydrogens (tertiary/aromatic N) is 6. The maximum atomic E-state index is 4.97. The minimum absolute atomic E-state index is 0.0268. The van der Waals surface area contributed by atoms with Crippen LogP contribution in [0.2, 0.25) is 0 Å². The van der Waals surface area contributed by atoms with E-state index in [9.17, 15) is 0 Å². The second kappa shape index (κ2) is 7.46. The van der Waals surface area contributed by atoms with E-state index in [1.807, 2.05) is 18.6 Å². The van der Waals surface area contributed by atoms with E-state index in [1.54, 1.807) is 0 Å². The summed E-state index contributed by atoms with van der Waals surface area (Å²) in [4.78, 5) is 12.2. The predicted octanol–water partition coefficient (Wildman–Crippen LogP) is 6.16. The number of hydrazone groups is 1. The molecule has 4 aliphatic heterocycles. The van der Waals surface area contributed by atoms with Crippen LogP contribution in [0.15, 0.2) is 109 Å². The normalized spacial score (nSPS) is 24.6. The number of rotatable bonds is 1. The summed E-state index contributed by atoms with van der Waals surface area (Å²) in [5.74, 6) is 1.18. The summed E-state index contributed by atoms with van der Waals surface area (Å²) in [6, 6.07) is 32.4. The van der Waals surface area contributed by atoms with Crippen LogP contribution in [0.5, 0.6) is 0 Å². The standard InChI is InChI=1S/C31H26N6/c1-20-22-13-6-9-16-25(22)37-29-26(17-10-18-32-29)36(21-11-4-3-5-12-21)31(37)28-27(20)23-14-7-8-15-24(23)35-19-33-34(2)30(28)35/h3-19,27-28,30-31H,1H2,2H3. The van der Waals surface area contributed by atoms with Crippen LogP contribution in [-0.2, 0) is 0 Å². The average Bonchev–Trinajstić information content (AvgIpc) is 3.47. The van der Waals surface area contributed by atoms with Gasteiger partial charge in [0.1, 0.15) is 18.7 Å². The van der Waals surface area contributed by atoms with Crippen LogP contribution in [0.3, 0.4) is 0 Å². The van der Waals surface area contributed by atoms with Gasteiger partial charge >= 0.3 is 0 Å². The van der Waals surface area contributed by atoms with E-state index in [2.05, 4.69) is 112 Å². The van der Waals surface area contributed by atoms with Gasteiger partial charge in [0, 0.05) is 36.1 Å². The zero-order valence-corrected chi connectivity index (χ0v) is 20.5. The molecule has 6 heteroatoms. The molecule has 8 rings (SSSR count). The first-order valence-electron chi connectivity index (χ1n) is 12.7. The highest BCUT2D eigenvalue weighted by atomic mass is 15.6. The topological polar surface area (TPSA) is 38.2 Å². The molecule has 180 valence electrons. The quantitative estimate of drug-likeness (QED) is 0.325. The van der Waals surface area contributed by atoms with Crippen molar-refractivity contribution in [2.24, 2.45) is 11.0 Å². The Morgan fingerprint density at radius 2 is 1.46 bits per heavy atom. The zero-order valence-electron chi connectivity index (χ0n) is 20.5. The molecule has 1 aromatic heterocycles. The Hall–Kier alpha value is -4.58. The van der Waals surface area contributed by atoms with Crippen LogP contribution in [0.25, 0.3) is 5.57 Å². The molecule has 0 spiro atoms. The molecule has 0 N–H and O–H groups in total. The number of pyridine rings is 1. The Bertz CT molecular complexity index is 1580. The Morgan fingerprint density at radius 1 is 0.730 bits per heavy atom. The molecular formula is C31H26N6. The molecule has 4 unspecified atom stereocenters. The number of para-hydroxylation sites is 3. The third-order valence-corrected chi connectivity index (χ3v) is 8.35. The highest BCUT2D eigenvalue weighted by Gasteiger charge is 2.57. The van der Waals surface area contributed by atoms with E-state index >= 15 is 0 Å². The first kappa shape index (κ1) is 20.6. The molecule has 5 heterocycles. The number of allylic oxidation sites excluding steroid dienone is 1. The summed E-state index contributed by atoms with van der Waals surface area (Å²) in [6.07, 6.45) is 3.87. The fraction of sp³-hybridized carbons (Fsp3) is 0.161. The number of anilines is 5. The molecule has 4 aromatic rings. The number of aromatic nitrogens is 1. The van der Waals surface area contributed by atoms with E-state index in [1.165, 1.54) is 16.8 Å². The lowest BCUT2D eigenvalue weighted by Gasteiger charge is -2.49. The van der Waals surface area contributed by atoms with Gasteiger partial charge in [0.25, 0.3) is 0 Å². The Morgan fingerprint density at radius 3 is 2.32 bits per heavy atom. The van der Waals surface area contributed by atoms with Crippen molar-refractivity contribution >= 4 is 40.5 Å². The van der Waals surface area contributed by atoms with Crippen molar-refractivity contribution in [3.05, 3.63) is 115 Å². The second-order valence-electron chi connectivity index (χ2n) is 10.1. The SMILES string of the molecule is C=C1c2ccccc2N2c3ncccc3N(c3ccccc3)C2C2C1c1ccccc1N1C=NN(C)C21. The van der Waals surface area contributed by atoms with Gasteiger partial charge in [-0.3, -0.25) is 5.01 Å². The van der Waals surface area contributed by atoms with Crippen molar-refractivity contribution < 1.29 is 0 Å². The molecule has 0 radical (unpaired) electrons. The largest absolute Gasteiger partial charge is 0.316 e. The lowest BCUT2D eigenvalue weighted by atomic mass is 9.72. The lowest BCUT2D eigenvalue weighted by Crippen LogP contribution is -2.59. The van der Waals surface area contributed by atoms with Crippen molar-refractivity contribution in [3.63, 3.8) is 0 Å². The van der Waals surface area contributed by atoms with Gasteiger partial charge in [0.2, 0.25) is 0 Å². The van der Waals surface area contributed by atoms with E-state index in [0.717, 1.165) is 28.5 Å². The van der Waals surface area contributed by atoms with Crippen LogP contribution in [0.1, 0.15) is 17.0 Å². The minimum Gasteiger partial charge on any atom is -0.316 e. The van der Waals surface area contributed by atoms with E-state index in [4.69, 9.17) is 16.7 Å². The van der Waals surface area contributed by atoms with Gasteiger partial charge in [-0.1, -0.05) is 61.2 Å². The molecule has 0 amide bonds. The fourth-order valence-corrected chi connectivity index (χ4v) is 6.95. The van der Waals surface area contributed by atoms with Crippen LogP contribution in [0.4, 0.5) is 28.6 Å². The van der Waals surface area contributed by atoms with Crippen LogP contribution < -0.4 is 14.7 Å². The average molecular weight is 483 g/mol. The van der Waals surface area contributed by atoms with Gasteiger partial charge in [-0.05, 0) is 47.5 Å². The van der Waals surface area contributed by atoms with Crippen molar-refractivity contribution in [2.75, 3.05) is 21.7 Å². The van der Waals surface area contributed by atoms with Crippen molar-refractivity contribution in [2.45, 2.75) is 18.2 Å². The third-order valence-electron chi connectivity index (χ3n) is 8.35. The van der Waals surface area contributed by atoms with Crippen LogP contribution in [0, 0.1) is 5.92 Å². The van der Waals surface area contributed by atoms with Gasteiger partial charge in [-0.25, -0.2) is 4.98 Å². The molecule has 37 heavy (non-hydrogen) atoms. The summed E-state index contributed by atoms with van der Waals surface area (Å²) in [5.41, 5.74) is 8.24. The molecule has 0 fully saturated rings. The molecule has 4 atom stereocenters. The van der Waals surface area contributed by atoms with E-state index in [0.29, 0.717) is 0 Å². The van der Waals surface area contributed by atoms with Crippen molar-refractivity contribution in [1.29, 1.82) is 0 Å². The summed E-state index contributed by atoms with van der Waals surface area (Å²) >= 11 is 0. The maximum Gasteiger partial charge on any atom is 0.158 e. The third kappa shape index (κ3) is 2.64. The van der Waals surface area contributed by atoms with Crippen LogP contribution >= 0.6 is 0 Å². The highest BCUT2D eigenvalue weighted by Crippen LogP contribution is 2.60. The highest BCUT2D eigenvalue weighted by molar-refractivity contribution is 5.95. The number of hydrogen-bond acceptors (Lipinski definition) is 6. The van der Waals surface area contributed by atoms with Crippen LogP contribution in [-0.4, -0.2) is 35.7 Å². The molecule has 6 nitrogen and oxygen atoms in total. The Balaban J connectivity index is 1.47. The summed E-state index contributed by atoms with van der Waals surface area (Å²) < 4.78 is 0. The smallest absolute Gasteiger partial charge is 0.158 e. The predicted molar refractivity (Wildman–Crippen MR) is 149 cm³/mol. The molecule has 0 saturated heterocycles. The van der Waals surface area contributed by atoms with Gasteiger partial charge < -0.3 is 14.7 Å². The summed E-state index contributed by atoms with van der Waals surface area (Å²) in [5, 5.41) is 6.91. The minimum atomic E-state index is -0.0392. The number of fused-ring (bicyclic) bond motifs is 12.